The van der Waals surface area contributed by atoms with Gasteiger partial charge in [-0.05, 0) is 36.5 Å². The molecule has 0 saturated carbocycles. The minimum absolute atomic E-state index is 0.0895. The van der Waals surface area contributed by atoms with E-state index in [0.29, 0.717) is 12.4 Å². The van der Waals surface area contributed by atoms with E-state index < -0.39 is 6.10 Å². The highest BCUT2D eigenvalue weighted by Crippen LogP contribution is 2.36. The van der Waals surface area contributed by atoms with E-state index in [9.17, 15) is 9.50 Å². The van der Waals surface area contributed by atoms with Gasteiger partial charge in [-0.1, -0.05) is 32.4 Å². The third-order valence-electron chi connectivity index (χ3n) is 5.75. The Labute approximate surface area is 158 Å². The maximum atomic E-state index is 14.3. The molecule has 27 heavy (non-hydrogen) atoms. The summed E-state index contributed by atoms with van der Waals surface area (Å²) in [6.45, 7) is 4.62. The monoisotopic (exact) mass is 368 g/mol. The Morgan fingerprint density at radius 2 is 2.19 bits per heavy atom. The zero-order valence-corrected chi connectivity index (χ0v) is 15.7. The summed E-state index contributed by atoms with van der Waals surface area (Å²) in [7, 11) is 0. The van der Waals surface area contributed by atoms with E-state index in [1.54, 1.807) is 6.07 Å². The predicted molar refractivity (Wildman–Crippen MR) is 104 cm³/mol. The average Bonchev–Trinajstić information content (AvgIpc) is 3.27. The minimum Gasteiger partial charge on any atom is -0.391 e. The number of aryl methyl sites for hydroxylation is 1. The summed E-state index contributed by atoms with van der Waals surface area (Å²) in [5, 5.41) is 14.7. The van der Waals surface area contributed by atoms with E-state index in [1.165, 1.54) is 12.4 Å². The first-order valence-corrected chi connectivity index (χ1v) is 9.60. The predicted octanol–water partition coefficient (Wildman–Crippen LogP) is 4.08. The quantitative estimate of drug-likeness (QED) is 0.688. The number of anilines is 1. The fourth-order valence-corrected chi connectivity index (χ4v) is 3.86. The van der Waals surface area contributed by atoms with Crippen molar-refractivity contribution in [1.29, 1.82) is 0 Å². The summed E-state index contributed by atoms with van der Waals surface area (Å²) in [6.07, 6.45) is 5.66. The van der Waals surface area contributed by atoms with E-state index in [4.69, 9.17) is 0 Å². The number of halogens is 1. The van der Waals surface area contributed by atoms with Crippen molar-refractivity contribution in [2.24, 2.45) is 5.92 Å². The smallest absolute Gasteiger partial charge is 0.145 e. The summed E-state index contributed by atoms with van der Waals surface area (Å²) >= 11 is 0. The molecule has 2 aromatic heterocycles. The normalized spacial score (nSPS) is 18.4. The van der Waals surface area contributed by atoms with Crippen molar-refractivity contribution in [3.8, 4) is 0 Å². The molecule has 0 bridgehead atoms. The third kappa shape index (κ3) is 3.30. The summed E-state index contributed by atoms with van der Waals surface area (Å²) in [6, 6.07) is 7.14. The molecular weight excluding hydrogens is 343 g/mol. The molecule has 5 nitrogen and oxygen atoms in total. The number of hydrogen-bond donors (Lipinski definition) is 2. The fraction of sp³-hybridized carbons (Fsp3) is 0.429. The van der Waals surface area contributed by atoms with Crippen LogP contribution in [-0.4, -0.2) is 25.7 Å². The first kappa shape index (κ1) is 17.9. The minimum atomic E-state index is -0.423. The molecule has 142 valence electrons. The van der Waals surface area contributed by atoms with Crippen LogP contribution in [0.25, 0.3) is 11.0 Å². The Bertz CT molecular complexity index is 955. The number of nitrogens with one attached hydrogen (secondary N) is 1. The van der Waals surface area contributed by atoms with Gasteiger partial charge >= 0.3 is 0 Å². The molecule has 0 aliphatic heterocycles. The SMILES string of the molecule is CC[C@@H](C)[C@@H](O)Cn1ccc2c(N[C@H]3CCc4cccc(F)c43)ncnc21. The third-order valence-corrected chi connectivity index (χ3v) is 5.75. The lowest BCUT2D eigenvalue weighted by molar-refractivity contribution is 0.0977. The van der Waals surface area contributed by atoms with Crippen LogP contribution >= 0.6 is 0 Å². The van der Waals surface area contributed by atoms with Crippen molar-refractivity contribution in [1.82, 2.24) is 14.5 Å². The Morgan fingerprint density at radius 1 is 1.33 bits per heavy atom. The fourth-order valence-electron chi connectivity index (χ4n) is 3.86. The lowest BCUT2D eigenvalue weighted by Gasteiger charge is -2.18. The van der Waals surface area contributed by atoms with Crippen LogP contribution in [0.15, 0.2) is 36.8 Å². The van der Waals surface area contributed by atoms with Gasteiger partial charge < -0.3 is 15.0 Å². The summed E-state index contributed by atoms with van der Waals surface area (Å²) < 4.78 is 16.3. The lowest BCUT2D eigenvalue weighted by atomic mass is 10.0. The van der Waals surface area contributed by atoms with E-state index >= 15 is 0 Å². The van der Waals surface area contributed by atoms with Gasteiger partial charge in [0.25, 0.3) is 0 Å². The van der Waals surface area contributed by atoms with E-state index in [-0.39, 0.29) is 17.8 Å². The Balaban J connectivity index is 1.62. The molecule has 1 aliphatic carbocycles. The van der Waals surface area contributed by atoms with Gasteiger partial charge in [-0.3, -0.25) is 0 Å². The number of nitrogens with zero attached hydrogens (tertiary/aromatic N) is 3. The van der Waals surface area contributed by atoms with Crippen molar-refractivity contribution in [3.63, 3.8) is 0 Å². The van der Waals surface area contributed by atoms with Gasteiger partial charge in [0.1, 0.15) is 23.6 Å². The van der Waals surface area contributed by atoms with Crippen LogP contribution in [0.1, 0.15) is 43.9 Å². The van der Waals surface area contributed by atoms with Crippen LogP contribution in [0.3, 0.4) is 0 Å². The van der Waals surface area contributed by atoms with Crippen molar-refractivity contribution < 1.29 is 9.50 Å². The number of aliphatic hydroxyl groups is 1. The molecule has 4 rings (SSSR count). The molecule has 0 saturated heterocycles. The van der Waals surface area contributed by atoms with Crippen molar-refractivity contribution in [2.45, 2.75) is 51.8 Å². The van der Waals surface area contributed by atoms with Gasteiger partial charge in [0.15, 0.2) is 0 Å². The molecular formula is C21H25FN4O. The van der Waals surface area contributed by atoms with Gasteiger partial charge in [0, 0.05) is 11.8 Å². The Hall–Kier alpha value is -2.47. The van der Waals surface area contributed by atoms with Crippen molar-refractivity contribution >= 4 is 16.9 Å². The van der Waals surface area contributed by atoms with Gasteiger partial charge in [0.05, 0.1) is 24.1 Å². The maximum Gasteiger partial charge on any atom is 0.145 e. The molecule has 0 unspecified atom stereocenters. The average molecular weight is 368 g/mol. The summed E-state index contributed by atoms with van der Waals surface area (Å²) in [5.41, 5.74) is 2.59. The van der Waals surface area contributed by atoms with Crippen LogP contribution in [-0.2, 0) is 13.0 Å². The molecule has 0 amide bonds. The Morgan fingerprint density at radius 3 is 3.00 bits per heavy atom. The first-order valence-electron chi connectivity index (χ1n) is 9.60. The lowest BCUT2D eigenvalue weighted by Crippen LogP contribution is -2.23. The van der Waals surface area contributed by atoms with Crippen LogP contribution in [0, 0.1) is 11.7 Å². The van der Waals surface area contributed by atoms with Gasteiger partial charge in [-0.25, -0.2) is 14.4 Å². The highest BCUT2D eigenvalue weighted by atomic mass is 19.1. The van der Waals surface area contributed by atoms with Crippen molar-refractivity contribution in [2.75, 3.05) is 5.32 Å². The number of fused-ring (bicyclic) bond motifs is 2. The summed E-state index contributed by atoms with van der Waals surface area (Å²) in [5.74, 6) is 0.764. The molecule has 0 fully saturated rings. The molecule has 0 radical (unpaired) electrons. The molecule has 1 aromatic carbocycles. The molecule has 1 aliphatic rings. The largest absolute Gasteiger partial charge is 0.391 e. The first-order chi connectivity index (χ1) is 13.1. The number of rotatable bonds is 6. The summed E-state index contributed by atoms with van der Waals surface area (Å²) in [4.78, 5) is 8.80. The highest BCUT2D eigenvalue weighted by Gasteiger charge is 2.26. The molecule has 0 spiro atoms. The van der Waals surface area contributed by atoms with E-state index in [2.05, 4.69) is 22.2 Å². The van der Waals surface area contributed by atoms with Gasteiger partial charge in [-0.2, -0.15) is 0 Å². The maximum absolute atomic E-state index is 14.3. The molecule has 6 heteroatoms. The van der Waals surface area contributed by atoms with Gasteiger partial charge in [0.2, 0.25) is 0 Å². The second-order valence-electron chi connectivity index (χ2n) is 7.43. The molecule has 2 heterocycles. The zero-order chi connectivity index (χ0) is 19.0. The molecule has 2 N–H and O–H groups in total. The number of aliphatic hydroxyl groups excluding tert-OH is 1. The van der Waals surface area contributed by atoms with E-state index in [1.807, 2.05) is 29.8 Å². The topological polar surface area (TPSA) is 63.0 Å². The number of benzene rings is 1. The Kier molecular flexibility index (Phi) is 4.83. The second-order valence-corrected chi connectivity index (χ2v) is 7.43. The standard InChI is InChI=1S/C21H25FN4O/c1-3-13(2)18(27)11-26-10-9-15-20(23-12-24-21(15)26)25-17-8-7-14-5-4-6-16(22)19(14)17/h4-6,9-10,12-13,17-18,27H,3,7-8,11H2,1-2H3,(H,23,24,25)/t13-,17+,18+/m1/s1. The second kappa shape index (κ2) is 7.27. The molecule has 3 aromatic rings. The van der Waals surface area contributed by atoms with E-state index in [0.717, 1.165) is 41.4 Å². The highest BCUT2D eigenvalue weighted by molar-refractivity contribution is 5.87. The van der Waals surface area contributed by atoms with Crippen molar-refractivity contribution in [3.05, 3.63) is 53.7 Å². The van der Waals surface area contributed by atoms with Crippen LogP contribution < -0.4 is 5.32 Å². The number of aromatic nitrogens is 3. The van der Waals surface area contributed by atoms with Crippen LogP contribution in [0.2, 0.25) is 0 Å². The number of hydrogen-bond acceptors (Lipinski definition) is 4. The van der Waals surface area contributed by atoms with Crippen LogP contribution in [0.4, 0.5) is 10.2 Å². The van der Waals surface area contributed by atoms with Crippen LogP contribution in [0.5, 0.6) is 0 Å². The molecule has 3 atom stereocenters. The zero-order valence-electron chi connectivity index (χ0n) is 15.7. The van der Waals surface area contributed by atoms with Gasteiger partial charge in [-0.15, -0.1) is 0 Å².